The lowest BCUT2D eigenvalue weighted by atomic mass is 10.0. The average Bonchev–Trinajstić information content (AvgIpc) is 2.83. The summed E-state index contributed by atoms with van der Waals surface area (Å²) in [7, 11) is 0. The first-order chi connectivity index (χ1) is 17.7. The van der Waals surface area contributed by atoms with E-state index in [-0.39, 0.29) is 45.8 Å². The van der Waals surface area contributed by atoms with E-state index < -0.39 is 49.0 Å². The van der Waals surface area contributed by atoms with E-state index in [0.717, 1.165) is 4.90 Å². The fraction of sp³-hybridized carbons (Fsp3) is 0.667. The summed E-state index contributed by atoms with van der Waals surface area (Å²) in [5, 5.41) is 9.16. The minimum atomic E-state index is -6.39. The van der Waals surface area contributed by atoms with Gasteiger partial charge in [0.1, 0.15) is 12.4 Å². The van der Waals surface area contributed by atoms with Crippen molar-refractivity contribution in [1.82, 2.24) is 4.90 Å². The van der Waals surface area contributed by atoms with Gasteiger partial charge in [-0.25, -0.2) is 9.59 Å². The Labute approximate surface area is 215 Å². The second-order valence-corrected chi connectivity index (χ2v) is 8.31. The van der Waals surface area contributed by atoms with Gasteiger partial charge in [0.15, 0.2) is 6.10 Å². The van der Waals surface area contributed by atoms with Gasteiger partial charge in [-0.05, 0) is 43.9 Å². The smallest absolute Gasteiger partial charge is 0.459 e. The molecule has 0 fully saturated rings. The molecule has 0 saturated heterocycles. The molecule has 1 unspecified atom stereocenters. The van der Waals surface area contributed by atoms with E-state index in [1.807, 2.05) is 0 Å². The Morgan fingerprint density at radius 2 is 1.58 bits per heavy atom. The van der Waals surface area contributed by atoms with Crippen molar-refractivity contribution in [3.8, 4) is 5.75 Å². The van der Waals surface area contributed by atoms with Crippen LogP contribution in [0, 0.1) is 0 Å². The maximum absolute atomic E-state index is 13.5. The number of carbonyl (C=O) groups excluding carboxylic acids is 1. The van der Waals surface area contributed by atoms with Gasteiger partial charge in [0.05, 0.1) is 13.2 Å². The SMILES string of the molecule is CCCOC(=O)N(CCCCC(F)(F)C(F)(F)C(F)(F)F)CCOc1ccc(CC(OCC)C(=O)O)cc1. The fourth-order valence-corrected chi connectivity index (χ4v) is 3.22. The van der Waals surface area contributed by atoms with E-state index in [2.05, 4.69) is 0 Å². The van der Waals surface area contributed by atoms with Crippen molar-refractivity contribution in [2.45, 2.75) is 70.1 Å². The molecule has 1 aromatic rings. The van der Waals surface area contributed by atoms with Gasteiger partial charge in [0.25, 0.3) is 0 Å². The van der Waals surface area contributed by atoms with E-state index in [0.29, 0.717) is 17.7 Å². The highest BCUT2D eigenvalue weighted by Crippen LogP contribution is 2.48. The number of aliphatic carboxylic acids is 1. The normalized spacial score (nSPS) is 13.2. The number of carboxylic acid groups (broad SMARTS) is 1. The van der Waals surface area contributed by atoms with Crippen LogP contribution in [-0.4, -0.2) is 79.1 Å². The number of nitrogens with zero attached hydrogens (tertiary/aromatic N) is 1. The second-order valence-electron chi connectivity index (χ2n) is 8.31. The van der Waals surface area contributed by atoms with Crippen molar-refractivity contribution >= 4 is 12.1 Å². The summed E-state index contributed by atoms with van der Waals surface area (Å²) >= 11 is 0. The number of rotatable bonds is 17. The molecule has 0 radical (unpaired) electrons. The first-order valence-corrected chi connectivity index (χ1v) is 12.0. The minimum Gasteiger partial charge on any atom is -0.492 e. The molecule has 0 heterocycles. The third-order valence-corrected chi connectivity index (χ3v) is 5.29. The lowest BCUT2D eigenvalue weighted by molar-refractivity contribution is -0.355. The molecule has 7 nitrogen and oxygen atoms in total. The number of halogens is 7. The summed E-state index contributed by atoms with van der Waals surface area (Å²) in [6.07, 6.45) is -10.3. The Morgan fingerprint density at radius 3 is 2.11 bits per heavy atom. The number of alkyl halides is 7. The van der Waals surface area contributed by atoms with Crippen molar-refractivity contribution in [2.24, 2.45) is 0 Å². The van der Waals surface area contributed by atoms with E-state index in [9.17, 15) is 40.3 Å². The minimum absolute atomic E-state index is 0.0621. The molecule has 0 aliphatic heterocycles. The number of amides is 1. The van der Waals surface area contributed by atoms with Crippen LogP contribution < -0.4 is 4.74 Å². The van der Waals surface area contributed by atoms with Gasteiger partial charge < -0.3 is 24.2 Å². The summed E-state index contributed by atoms with van der Waals surface area (Å²) in [5.74, 6) is -12.2. The van der Waals surface area contributed by atoms with Crippen LogP contribution in [-0.2, 0) is 20.7 Å². The highest BCUT2D eigenvalue weighted by molar-refractivity contribution is 5.72. The Balaban J connectivity index is 2.65. The molecular formula is C24H32F7NO6. The molecule has 0 bridgehead atoms. The van der Waals surface area contributed by atoms with Gasteiger partial charge in [0, 0.05) is 26.0 Å². The van der Waals surface area contributed by atoms with E-state index in [4.69, 9.17) is 19.3 Å². The molecule has 1 N–H and O–H groups in total. The Hall–Kier alpha value is -2.77. The zero-order valence-corrected chi connectivity index (χ0v) is 21.0. The summed E-state index contributed by atoms with van der Waals surface area (Å²) in [5.41, 5.74) is 0.677. The van der Waals surface area contributed by atoms with Crippen molar-refractivity contribution in [3.63, 3.8) is 0 Å². The Bertz CT molecular complexity index is 865. The lowest BCUT2D eigenvalue weighted by Crippen LogP contribution is -2.51. The molecule has 0 spiro atoms. The Morgan fingerprint density at radius 1 is 0.947 bits per heavy atom. The van der Waals surface area contributed by atoms with Gasteiger partial charge in [-0.1, -0.05) is 19.1 Å². The van der Waals surface area contributed by atoms with E-state index >= 15 is 0 Å². The number of benzene rings is 1. The van der Waals surface area contributed by atoms with Crippen LogP contribution in [0.5, 0.6) is 5.75 Å². The zero-order chi connectivity index (χ0) is 29.0. The van der Waals surface area contributed by atoms with Gasteiger partial charge >= 0.3 is 30.1 Å². The first kappa shape index (κ1) is 33.3. The van der Waals surface area contributed by atoms with Crippen molar-refractivity contribution < 1.29 is 59.6 Å². The lowest BCUT2D eigenvalue weighted by Gasteiger charge is -2.28. The van der Waals surface area contributed by atoms with Crippen molar-refractivity contribution in [3.05, 3.63) is 29.8 Å². The monoisotopic (exact) mass is 563 g/mol. The molecule has 1 atom stereocenters. The highest BCUT2D eigenvalue weighted by atomic mass is 19.4. The molecule has 0 saturated carbocycles. The molecule has 0 aliphatic rings. The standard InChI is InChI=1S/C24H32F7NO6/c1-3-14-38-21(35)32(12-6-5-11-22(25,26)23(27,28)24(29,30)31)13-15-37-18-9-7-17(8-10-18)16-19(20(33)34)36-4-2/h7-10,19H,3-6,11-16H2,1-2H3,(H,33,34). The van der Waals surface area contributed by atoms with E-state index in [1.54, 1.807) is 38.1 Å². The summed E-state index contributed by atoms with van der Waals surface area (Å²) in [6.45, 7) is 3.33. The molecule has 1 rings (SSSR count). The van der Waals surface area contributed by atoms with Crippen molar-refractivity contribution in [1.29, 1.82) is 0 Å². The largest absolute Gasteiger partial charge is 0.492 e. The third-order valence-electron chi connectivity index (χ3n) is 5.29. The molecular weight excluding hydrogens is 531 g/mol. The number of hydrogen-bond acceptors (Lipinski definition) is 5. The predicted molar refractivity (Wildman–Crippen MR) is 122 cm³/mol. The molecule has 0 aromatic heterocycles. The predicted octanol–water partition coefficient (Wildman–Crippen LogP) is 5.95. The second kappa shape index (κ2) is 15.0. The number of carboxylic acids is 1. The number of unbranched alkanes of at least 4 members (excludes halogenated alkanes) is 1. The van der Waals surface area contributed by atoms with Crippen LogP contribution >= 0.6 is 0 Å². The molecule has 1 amide bonds. The Kier molecular flexibility index (Phi) is 13.1. The quantitative estimate of drug-likeness (QED) is 0.186. The number of ether oxygens (including phenoxy) is 3. The number of hydrogen-bond donors (Lipinski definition) is 1. The van der Waals surface area contributed by atoms with Crippen LogP contribution in [0.15, 0.2) is 24.3 Å². The van der Waals surface area contributed by atoms with Gasteiger partial charge in [-0.3, -0.25) is 0 Å². The molecule has 0 aliphatic carbocycles. The maximum atomic E-state index is 13.5. The molecule has 38 heavy (non-hydrogen) atoms. The molecule has 14 heteroatoms. The maximum Gasteiger partial charge on any atom is 0.459 e. The van der Waals surface area contributed by atoms with E-state index in [1.165, 1.54) is 0 Å². The molecule has 218 valence electrons. The topological polar surface area (TPSA) is 85.3 Å². The van der Waals surface area contributed by atoms with Crippen LogP contribution in [0.1, 0.15) is 45.1 Å². The van der Waals surface area contributed by atoms with Crippen molar-refractivity contribution in [2.75, 3.05) is 32.9 Å². The van der Waals surface area contributed by atoms with Crippen LogP contribution in [0.3, 0.4) is 0 Å². The van der Waals surface area contributed by atoms with Crippen LogP contribution in [0.2, 0.25) is 0 Å². The first-order valence-electron chi connectivity index (χ1n) is 12.0. The van der Waals surface area contributed by atoms with Gasteiger partial charge in [0.2, 0.25) is 0 Å². The highest BCUT2D eigenvalue weighted by Gasteiger charge is 2.72. The summed E-state index contributed by atoms with van der Waals surface area (Å²) in [6, 6.07) is 6.41. The average molecular weight is 564 g/mol. The third kappa shape index (κ3) is 10.2. The molecule has 1 aromatic carbocycles. The van der Waals surface area contributed by atoms with Gasteiger partial charge in [-0.15, -0.1) is 0 Å². The zero-order valence-electron chi connectivity index (χ0n) is 21.0. The van der Waals surface area contributed by atoms with Crippen LogP contribution in [0.4, 0.5) is 35.5 Å². The summed E-state index contributed by atoms with van der Waals surface area (Å²) in [4.78, 5) is 24.5. The van der Waals surface area contributed by atoms with Gasteiger partial charge in [-0.2, -0.15) is 30.7 Å². The van der Waals surface area contributed by atoms with Crippen LogP contribution in [0.25, 0.3) is 0 Å². The summed E-state index contributed by atoms with van der Waals surface area (Å²) < 4.78 is 106. The number of carbonyl (C=O) groups is 2. The fourth-order valence-electron chi connectivity index (χ4n) is 3.22.